The van der Waals surface area contributed by atoms with Gasteiger partial charge in [0.15, 0.2) is 0 Å². The van der Waals surface area contributed by atoms with Crippen LogP contribution in [0.25, 0.3) is 0 Å². The molecular formula is C28H41N3. The van der Waals surface area contributed by atoms with Gasteiger partial charge in [-0.1, -0.05) is 89.3 Å². The van der Waals surface area contributed by atoms with E-state index in [9.17, 15) is 5.26 Å². The van der Waals surface area contributed by atoms with Gasteiger partial charge in [0.1, 0.15) is 0 Å². The molecule has 0 saturated carbocycles. The second-order valence-electron chi connectivity index (χ2n) is 9.33. The van der Waals surface area contributed by atoms with E-state index in [2.05, 4.69) is 102 Å². The van der Waals surface area contributed by atoms with Crippen LogP contribution in [0.2, 0.25) is 0 Å². The van der Waals surface area contributed by atoms with Gasteiger partial charge in [0.2, 0.25) is 0 Å². The molecule has 3 atom stereocenters. The fourth-order valence-electron chi connectivity index (χ4n) is 3.44. The SMILES string of the molecule is C=C(C)CCC(NC(=C)[C@@H](NC(=C)C(C)(C)c1ccc(C)cc1)[C@@H](C)CC)C(=C)C#N. The molecular weight excluding hydrogens is 378 g/mol. The predicted octanol–water partition coefficient (Wildman–Crippen LogP) is 6.70. The van der Waals surface area contributed by atoms with Gasteiger partial charge in [0, 0.05) is 22.4 Å². The maximum Gasteiger partial charge on any atom is 0.0962 e. The van der Waals surface area contributed by atoms with Gasteiger partial charge >= 0.3 is 0 Å². The van der Waals surface area contributed by atoms with E-state index in [0.29, 0.717) is 11.5 Å². The Bertz CT molecular complexity index is 836. The molecule has 168 valence electrons. The van der Waals surface area contributed by atoms with Crippen molar-refractivity contribution in [3.63, 3.8) is 0 Å². The summed E-state index contributed by atoms with van der Waals surface area (Å²) in [4.78, 5) is 0. The van der Waals surface area contributed by atoms with E-state index >= 15 is 0 Å². The maximum absolute atomic E-state index is 9.40. The highest BCUT2D eigenvalue weighted by Gasteiger charge is 2.29. The third-order valence-electron chi connectivity index (χ3n) is 6.23. The molecule has 0 radical (unpaired) electrons. The molecule has 1 unspecified atom stereocenters. The van der Waals surface area contributed by atoms with Crippen LogP contribution in [-0.4, -0.2) is 12.1 Å². The molecule has 0 spiro atoms. The van der Waals surface area contributed by atoms with Gasteiger partial charge in [-0.05, 0) is 38.2 Å². The van der Waals surface area contributed by atoms with Gasteiger partial charge in [-0.3, -0.25) is 0 Å². The van der Waals surface area contributed by atoms with Gasteiger partial charge in [-0.25, -0.2) is 0 Å². The smallest absolute Gasteiger partial charge is 0.0962 e. The van der Waals surface area contributed by atoms with E-state index in [1.165, 1.54) is 11.1 Å². The highest BCUT2D eigenvalue weighted by atomic mass is 15.0. The van der Waals surface area contributed by atoms with Crippen molar-refractivity contribution in [2.24, 2.45) is 5.92 Å². The van der Waals surface area contributed by atoms with Crippen molar-refractivity contribution in [3.05, 3.63) is 84.2 Å². The van der Waals surface area contributed by atoms with Crippen molar-refractivity contribution >= 4 is 0 Å². The highest BCUT2D eigenvalue weighted by molar-refractivity contribution is 5.35. The molecule has 3 nitrogen and oxygen atoms in total. The lowest BCUT2D eigenvalue weighted by Crippen LogP contribution is -2.46. The minimum Gasteiger partial charge on any atom is -0.380 e. The van der Waals surface area contributed by atoms with Crippen molar-refractivity contribution < 1.29 is 0 Å². The Labute approximate surface area is 190 Å². The Kier molecular flexibility index (Phi) is 9.85. The van der Waals surface area contributed by atoms with Crippen LogP contribution in [0.3, 0.4) is 0 Å². The normalized spacial score (nSPS) is 14.0. The van der Waals surface area contributed by atoms with Crippen LogP contribution in [0.5, 0.6) is 0 Å². The Hall–Kier alpha value is -2.73. The third-order valence-corrected chi connectivity index (χ3v) is 6.23. The zero-order valence-corrected chi connectivity index (χ0v) is 20.4. The molecule has 0 aliphatic carbocycles. The Balaban J connectivity index is 3.05. The number of rotatable bonds is 13. The minimum atomic E-state index is -0.241. The highest BCUT2D eigenvalue weighted by Crippen LogP contribution is 2.31. The molecule has 0 aromatic heterocycles. The quantitative estimate of drug-likeness (QED) is 0.276. The molecule has 1 aromatic carbocycles. The Morgan fingerprint density at radius 2 is 1.68 bits per heavy atom. The van der Waals surface area contributed by atoms with Crippen molar-refractivity contribution in [1.29, 1.82) is 5.26 Å². The summed E-state index contributed by atoms with van der Waals surface area (Å²) in [5, 5.41) is 16.5. The van der Waals surface area contributed by atoms with Gasteiger partial charge in [-0.2, -0.15) is 5.26 Å². The average molecular weight is 420 g/mol. The van der Waals surface area contributed by atoms with Crippen LogP contribution >= 0.6 is 0 Å². The van der Waals surface area contributed by atoms with Crippen LogP contribution in [0.4, 0.5) is 0 Å². The van der Waals surface area contributed by atoms with E-state index in [1.54, 1.807) is 0 Å². The van der Waals surface area contributed by atoms with E-state index in [-0.39, 0.29) is 17.5 Å². The molecule has 0 amide bonds. The zero-order chi connectivity index (χ0) is 23.8. The van der Waals surface area contributed by atoms with E-state index < -0.39 is 0 Å². The summed E-state index contributed by atoms with van der Waals surface area (Å²) < 4.78 is 0. The summed E-state index contributed by atoms with van der Waals surface area (Å²) in [5.74, 6) is 0.336. The molecule has 31 heavy (non-hydrogen) atoms. The lowest BCUT2D eigenvalue weighted by atomic mass is 9.80. The molecule has 0 aliphatic rings. The molecule has 0 saturated heterocycles. The van der Waals surface area contributed by atoms with E-state index in [4.69, 9.17) is 0 Å². The fraction of sp³-hybridized carbons (Fsp3) is 0.464. The maximum atomic E-state index is 9.40. The predicted molar refractivity (Wildman–Crippen MR) is 135 cm³/mol. The number of allylic oxidation sites excluding steroid dienone is 2. The second kappa shape index (κ2) is 11.6. The second-order valence-corrected chi connectivity index (χ2v) is 9.33. The summed E-state index contributed by atoms with van der Waals surface area (Å²) >= 11 is 0. The largest absolute Gasteiger partial charge is 0.380 e. The molecule has 0 bridgehead atoms. The molecule has 2 N–H and O–H groups in total. The lowest BCUT2D eigenvalue weighted by molar-refractivity contribution is 0.387. The molecule has 3 heteroatoms. The first-order valence-electron chi connectivity index (χ1n) is 11.2. The molecule has 0 aliphatic heterocycles. The number of hydrogen-bond donors (Lipinski definition) is 2. The first kappa shape index (κ1) is 26.3. The topological polar surface area (TPSA) is 47.8 Å². The summed E-state index contributed by atoms with van der Waals surface area (Å²) in [6.45, 7) is 29.5. The molecule has 1 rings (SSSR count). The minimum absolute atomic E-state index is 0.0129. The van der Waals surface area contributed by atoms with Crippen LogP contribution in [0.1, 0.15) is 65.0 Å². The first-order valence-corrected chi connectivity index (χ1v) is 11.2. The summed E-state index contributed by atoms with van der Waals surface area (Å²) in [7, 11) is 0. The third kappa shape index (κ3) is 7.47. The Morgan fingerprint density at radius 1 is 1.10 bits per heavy atom. The summed E-state index contributed by atoms with van der Waals surface area (Å²) in [5.41, 5.74) is 5.63. The first-order chi connectivity index (χ1) is 14.4. The molecule has 0 heterocycles. The monoisotopic (exact) mass is 419 g/mol. The summed E-state index contributed by atoms with van der Waals surface area (Å²) in [6.07, 6.45) is 2.59. The van der Waals surface area contributed by atoms with Crippen LogP contribution in [0, 0.1) is 24.2 Å². The van der Waals surface area contributed by atoms with Gasteiger partial charge < -0.3 is 10.6 Å². The number of aryl methyl sites for hydroxylation is 1. The van der Waals surface area contributed by atoms with Gasteiger partial charge in [0.05, 0.1) is 18.2 Å². The van der Waals surface area contributed by atoms with E-state index in [1.807, 2.05) is 6.92 Å². The van der Waals surface area contributed by atoms with Gasteiger partial charge in [-0.15, -0.1) is 6.58 Å². The number of benzene rings is 1. The van der Waals surface area contributed by atoms with Crippen LogP contribution in [-0.2, 0) is 5.41 Å². The number of nitrogens with zero attached hydrogens (tertiary/aromatic N) is 1. The summed E-state index contributed by atoms with van der Waals surface area (Å²) in [6, 6.07) is 10.6. The number of nitrogens with one attached hydrogen (secondary N) is 2. The van der Waals surface area contributed by atoms with Gasteiger partial charge in [0.25, 0.3) is 0 Å². The fourth-order valence-corrected chi connectivity index (χ4v) is 3.44. The number of nitriles is 1. The molecule has 1 aromatic rings. The zero-order valence-electron chi connectivity index (χ0n) is 20.4. The van der Waals surface area contributed by atoms with Crippen LogP contribution in [0.15, 0.2) is 73.1 Å². The van der Waals surface area contributed by atoms with Crippen LogP contribution < -0.4 is 10.6 Å². The number of hydrogen-bond acceptors (Lipinski definition) is 3. The Morgan fingerprint density at radius 3 is 2.16 bits per heavy atom. The average Bonchev–Trinajstić information content (AvgIpc) is 2.73. The van der Waals surface area contributed by atoms with E-state index in [0.717, 1.165) is 36.2 Å². The van der Waals surface area contributed by atoms with Crippen molar-refractivity contribution in [2.75, 3.05) is 0 Å². The van der Waals surface area contributed by atoms with Crippen molar-refractivity contribution in [2.45, 2.75) is 78.3 Å². The lowest BCUT2D eigenvalue weighted by Gasteiger charge is -2.36. The molecule has 0 fully saturated rings. The standard InChI is InChI=1S/C28H41N3/c1-11-21(5)27(23(7)30-26(22(6)18-29)17-12-19(2)3)31-24(8)28(9,10)25-15-13-20(4)14-16-25/h13-16,21,26-27,30-31H,2,6-8,11-12,17H2,1,3-5,9-10H3/t21-,26?,27-/m0/s1. The van der Waals surface area contributed by atoms with Crippen molar-refractivity contribution in [1.82, 2.24) is 10.6 Å². The van der Waals surface area contributed by atoms with Crippen molar-refractivity contribution in [3.8, 4) is 6.07 Å².